The minimum atomic E-state index is -0.805. The van der Waals surface area contributed by atoms with E-state index in [9.17, 15) is 23.6 Å². The molecule has 0 radical (unpaired) electrons. The standard InChI is InChI=1S/C23H22F2N6O2/c24-14-7-15(25)9-17(8-14)30-23(33)29-16-3-4-21-19(10-16)13(12-28-21)6-20(27)22(32)31-5-1-2-18(31)11-26/h3-4,7-10,12,18,20,28H,1-2,5-6,27H2,(H2,29,30,33)/t18-,20+/m0/s1. The predicted octanol–water partition coefficient (Wildman–Crippen LogP) is 3.47. The number of carbonyl (C=O) groups is 2. The lowest BCUT2D eigenvalue weighted by molar-refractivity contribution is -0.132. The number of nitriles is 1. The molecule has 2 aromatic carbocycles. The number of rotatable bonds is 5. The van der Waals surface area contributed by atoms with Crippen molar-refractivity contribution in [3.63, 3.8) is 0 Å². The first-order valence-electron chi connectivity index (χ1n) is 10.4. The number of nitrogens with two attached hydrogens (primary N) is 1. The highest BCUT2D eigenvalue weighted by atomic mass is 19.1. The average molecular weight is 452 g/mol. The molecule has 2 heterocycles. The van der Waals surface area contributed by atoms with Gasteiger partial charge in [0, 0.05) is 41.1 Å². The molecule has 3 amide bonds. The van der Waals surface area contributed by atoms with Crippen molar-refractivity contribution >= 4 is 34.2 Å². The van der Waals surface area contributed by atoms with Crippen LogP contribution in [0, 0.1) is 23.0 Å². The van der Waals surface area contributed by atoms with Crippen LogP contribution in [-0.2, 0) is 11.2 Å². The molecule has 33 heavy (non-hydrogen) atoms. The number of nitrogens with one attached hydrogen (secondary N) is 3. The van der Waals surface area contributed by atoms with Gasteiger partial charge >= 0.3 is 6.03 Å². The summed E-state index contributed by atoms with van der Waals surface area (Å²) >= 11 is 0. The first-order valence-corrected chi connectivity index (χ1v) is 10.4. The minimum Gasteiger partial charge on any atom is -0.361 e. The van der Waals surface area contributed by atoms with Gasteiger partial charge in [-0.3, -0.25) is 4.79 Å². The van der Waals surface area contributed by atoms with Crippen LogP contribution in [0.5, 0.6) is 0 Å². The van der Waals surface area contributed by atoms with E-state index in [1.54, 1.807) is 24.4 Å². The van der Waals surface area contributed by atoms with Crippen LogP contribution in [0.4, 0.5) is 25.0 Å². The summed E-state index contributed by atoms with van der Waals surface area (Å²) < 4.78 is 26.6. The smallest absolute Gasteiger partial charge is 0.323 e. The van der Waals surface area contributed by atoms with Crippen molar-refractivity contribution < 1.29 is 18.4 Å². The molecule has 8 nitrogen and oxygen atoms in total. The number of urea groups is 1. The van der Waals surface area contributed by atoms with Crippen molar-refractivity contribution in [1.82, 2.24) is 9.88 Å². The van der Waals surface area contributed by atoms with Crippen LogP contribution < -0.4 is 16.4 Å². The van der Waals surface area contributed by atoms with Crippen molar-refractivity contribution in [2.24, 2.45) is 5.73 Å². The second-order valence-corrected chi connectivity index (χ2v) is 7.94. The van der Waals surface area contributed by atoms with Crippen molar-refractivity contribution in [3.05, 3.63) is 59.8 Å². The molecule has 0 saturated carbocycles. The van der Waals surface area contributed by atoms with Crippen LogP contribution in [0.25, 0.3) is 10.9 Å². The Morgan fingerprint density at radius 1 is 1.18 bits per heavy atom. The molecular weight excluding hydrogens is 430 g/mol. The van der Waals surface area contributed by atoms with Gasteiger partial charge in [-0.05, 0) is 55.2 Å². The Morgan fingerprint density at radius 3 is 2.64 bits per heavy atom. The molecule has 1 aliphatic heterocycles. The monoisotopic (exact) mass is 452 g/mol. The van der Waals surface area contributed by atoms with Gasteiger partial charge in [0.25, 0.3) is 0 Å². The number of amides is 3. The molecule has 1 fully saturated rings. The summed E-state index contributed by atoms with van der Waals surface area (Å²) in [4.78, 5) is 29.6. The zero-order valence-corrected chi connectivity index (χ0v) is 17.6. The summed E-state index contributed by atoms with van der Waals surface area (Å²) in [7, 11) is 0. The zero-order valence-electron chi connectivity index (χ0n) is 17.6. The second-order valence-electron chi connectivity index (χ2n) is 7.94. The van der Waals surface area contributed by atoms with E-state index in [4.69, 9.17) is 5.73 Å². The van der Waals surface area contributed by atoms with E-state index in [1.165, 1.54) is 4.90 Å². The third kappa shape index (κ3) is 4.94. The van der Waals surface area contributed by atoms with Crippen LogP contribution in [0.1, 0.15) is 18.4 Å². The summed E-state index contributed by atoms with van der Waals surface area (Å²) in [5.41, 5.74) is 8.18. The zero-order chi connectivity index (χ0) is 23.5. The Hall–Kier alpha value is -3.97. The van der Waals surface area contributed by atoms with Crippen molar-refractivity contribution in [3.8, 4) is 6.07 Å². The fourth-order valence-corrected chi connectivity index (χ4v) is 4.05. The molecule has 0 spiro atoms. The summed E-state index contributed by atoms with van der Waals surface area (Å²) in [5.74, 6) is -1.86. The number of benzene rings is 2. The molecule has 0 aliphatic carbocycles. The number of aromatic amines is 1. The van der Waals surface area contributed by atoms with Gasteiger partial charge in [-0.2, -0.15) is 5.26 Å². The summed E-state index contributed by atoms with van der Waals surface area (Å²) in [6, 6.07) is 8.11. The lowest BCUT2D eigenvalue weighted by Gasteiger charge is -2.23. The van der Waals surface area contributed by atoms with Crippen LogP contribution in [0.2, 0.25) is 0 Å². The number of halogens is 2. The number of likely N-dealkylation sites (tertiary alicyclic amines) is 1. The fraction of sp³-hybridized carbons (Fsp3) is 0.261. The average Bonchev–Trinajstić information content (AvgIpc) is 3.39. The molecule has 1 aliphatic rings. The van der Waals surface area contributed by atoms with Crippen LogP contribution in [0.15, 0.2) is 42.6 Å². The topological polar surface area (TPSA) is 127 Å². The van der Waals surface area contributed by atoms with Crippen molar-refractivity contribution in [2.75, 3.05) is 17.2 Å². The third-order valence-corrected chi connectivity index (χ3v) is 5.59. The molecule has 1 aromatic heterocycles. The second kappa shape index (κ2) is 9.26. The maximum Gasteiger partial charge on any atom is 0.323 e. The van der Waals surface area contributed by atoms with Gasteiger partial charge in [-0.15, -0.1) is 0 Å². The number of H-pyrrole nitrogens is 1. The van der Waals surface area contributed by atoms with Gasteiger partial charge in [0.2, 0.25) is 5.91 Å². The quantitative estimate of drug-likeness (QED) is 0.473. The molecule has 170 valence electrons. The van der Waals surface area contributed by atoms with Crippen LogP contribution >= 0.6 is 0 Å². The lowest BCUT2D eigenvalue weighted by Crippen LogP contribution is -2.46. The SMILES string of the molecule is N#C[C@@H]1CCCN1C(=O)[C@H](N)Cc1c[nH]c2ccc(NC(=O)Nc3cc(F)cc(F)c3)cc12. The Labute approximate surface area is 188 Å². The first kappa shape index (κ1) is 22.2. The van der Waals surface area contributed by atoms with Crippen LogP contribution in [0.3, 0.4) is 0 Å². The number of fused-ring (bicyclic) bond motifs is 1. The normalized spacial score (nSPS) is 16.4. The van der Waals surface area contributed by atoms with Gasteiger partial charge in [0.15, 0.2) is 0 Å². The van der Waals surface area contributed by atoms with E-state index < -0.39 is 29.7 Å². The van der Waals surface area contributed by atoms with Crippen molar-refractivity contribution in [2.45, 2.75) is 31.3 Å². The Kier molecular flexibility index (Phi) is 6.24. The summed E-state index contributed by atoms with van der Waals surface area (Å²) in [6.07, 6.45) is 3.44. The van der Waals surface area contributed by atoms with Gasteiger partial charge in [-0.1, -0.05) is 0 Å². The maximum atomic E-state index is 13.3. The van der Waals surface area contributed by atoms with Gasteiger partial charge in [0.05, 0.1) is 12.1 Å². The molecule has 0 bridgehead atoms. The Morgan fingerprint density at radius 2 is 1.91 bits per heavy atom. The van der Waals surface area contributed by atoms with Crippen molar-refractivity contribution in [1.29, 1.82) is 5.26 Å². The third-order valence-electron chi connectivity index (χ3n) is 5.59. The number of anilines is 2. The number of hydrogen-bond acceptors (Lipinski definition) is 4. The van der Waals surface area contributed by atoms with Crippen LogP contribution in [-0.4, -0.2) is 40.5 Å². The summed E-state index contributed by atoms with van der Waals surface area (Å²) in [5, 5.41) is 15.0. The molecule has 3 aromatic rings. The predicted molar refractivity (Wildman–Crippen MR) is 119 cm³/mol. The fourth-order valence-electron chi connectivity index (χ4n) is 4.05. The van der Waals surface area contributed by atoms with Gasteiger partial charge in [-0.25, -0.2) is 13.6 Å². The molecule has 0 unspecified atom stereocenters. The molecule has 4 rings (SSSR count). The van der Waals surface area contributed by atoms with E-state index in [0.29, 0.717) is 24.7 Å². The molecular formula is C23H22F2N6O2. The number of nitrogens with zero attached hydrogens (tertiary/aromatic N) is 2. The maximum absolute atomic E-state index is 13.3. The Bertz CT molecular complexity index is 1230. The molecule has 5 N–H and O–H groups in total. The number of aromatic nitrogens is 1. The van der Waals surface area contributed by atoms with E-state index in [0.717, 1.165) is 35.0 Å². The van der Waals surface area contributed by atoms with E-state index in [2.05, 4.69) is 21.7 Å². The summed E-state index contributed by atoms with van der Waals surface area (Å²) in [6.45, 7) is 0.525. The lowest BCUT2D eigenvalue weighted by atomic mass is 10.0. The van der Waals surface area contributed by atoms with Gasteiger partial charge in [0.1, 0.15) is 17.7 Å². The number of hydrogen-bond donors (Lipinski definition) is 4. The molecule has 10 heteroatoms. The minimum absolute atomic E-state index is 0.0181. The molecule has 2 atom stereocenters. The van der Waals surface area contributed by atoms with E-state index in [-0.39, 0.29) is 18.0 Å². The molecule has 1 saturated heterocycles. The largest absolute Gasteiger partial charge is 0.361 e. The Balaban J connectivity index is 1.46. The highest BCUT2D eigenvalue weighted by Gasteiger charge is 2.31. The number of carbonyl (C=O) groups excluding carboxylic acids is 2. The van der Waals surface area contributed by atoms with E-state index in [1.807, 2.05) is 0 Å². The van der Waals surface area contributed by atoms with E-state index >= 15 is 0 Å². The first-order chi connectivity index (χ1) is 15.8. The van der Waals surface area contributed by atoms with Gasteiger partial charge < -0.3 is 26.3 Å². The highest BCUT2D eigenvalue weighted by Crippen LogP contribution is 2.25. The highest BCUT2D eigenvalue weighted by molar-refractivity contribution is 6.01.